The standard InChI is InChI=1S/C27H31N3O3S/c1-29-15-9-2-3-10-16-30(27(32)24-19-34-20-28-24)22(17-21-11-5-4-6-12-21)18-33-25-14-8-7-13-23(25)26(29)31/h4-8,11-14,19-20,22H,2-3,9-10,15-18H2,1H3/t22-/m0/s1. The van der Waals surface area contributed by atoms with Crippen molar-refractivity contribution in [2.24, 2.45) is 0 Å². The number of ether oxygens (including phenoxy) is 1. The van der Waals surface area contributed by atoms with Crippen molar-refractivity contribution in [1.82, 2.24) is 14.8 Å². The average molecular weight is 478 g/mol. The lowest BCUT2D eigenvalue weighted by molar-refractivity contribution is 0.0594. The number of aromatic nitrogens is 1. The quantitative estimate of drug-likeness (QED) is 0.537. The second-order valence-electron chi connectivity index (χ2n) is 8.66. The fraction of sp³-hybridized carbons (Fsp3) is 0.370. The molecule has 3 aromatic rings. The highest BCUT2D eigenvalue weighted by atomic mass is 32.1. The van der Waals surface area contributed by atoms with E-state index in [0.29, 0.717) is 43.1 Å². The third-order valence-corrected chi connectivity index (χ3v) is 6.79. The number of nitrogens with zero attached hydrogens (tertiary/aromatic N) is 3. The third-order valence-electron chi connectivity index (χ3n) is 6.21. The summed E-state index contributed by atoms with van der Waals surface area (Å²) in [5.41, 5.74) is 3.86. The maximum Gasteiger partial charge on any atom is 0.273 e. The van der Waals surface area contributed by atoms with E-state index < -0.39 is 0 Å². The van der Waals surface area contributed by atoms with Crippen molar-refractivity contribution in [2.75, 3.05) is 26.7 Å². The summed E-state index contributed by atoms with van der Waals surface area (Å²) in [6.07, 6.45) is 4.50. The molecule has 34 heavy (non-hydrogen) atoms. The summed E-state index contributed by atoms with van der Waals surface area (Å²) in [6.45, 7) is 1.64. The molecule has 2 heterocycles. The average Bonchev–Trinajstić information content (AvgIpc) is 3.41. The molecule has 4 rings (SSSR count). The molecule has 0 N–H and O–H groups in total. The van der Waals surface area contributed by atoms with Crippen molar-refractivity contribution in [3.8, 4) is 5.75 Å². The van der Waals surface area contributed by atoms with Crippen LogP contribution in [0, 0.1) is 0 Å². The molecular weight excluding hydrogens is 446 g/mol. The molecule has 7 heteroatoms. The van der Waals surface area contributed by atoms with Crippen LogP contribution in [-0.4, -0.2) is 59.4 Å². The molecule has 0 bridgehead atoms. The number of carbonyl (C=O) groups excluding carboxylic acids is 2. The monoisotopic (exact) mass is 477 g/mol. The summed E-state index contributed by atoms with van der Waals surface area (Å²) in [5.74, 6) is 0.445. The topological polar surface area (TPSA) is 62.7 Å². The van der Waals surface area contributed by atoms with Crippen LogP contribution in [0.3, 0.4) is 0 Å². The summed E-state index contributed by atoms with van der Waals surface area (Å²) in [5, 5.41) is 1.80. The minimum Gasteiger partial charge on any atom is -0.491 e. The Balaban J connectivity index is 1.66. The zero-order valence-electron chi connectivity index (χ0n) is 19.6. The van der Waals surface area contributed by atoms with Gasteiger partial charge in [-0.3, -0.25) is 9.59 Å². The molecule has 0 spiro atoms. The molecule has 178 valence electrons. The third kappa shape index (κ3) is 6.03. The molecule has 1 aromatic heterocycles. The first kappa shape index (κ1) is 24.0. The Morgan fingerprint density at radius 1 is 1.03 bits per heavy atom. The molecule has 1 aliphatic heterocycles. The summed E-state index contributed by atoms with van der Waals surface area (Å²) in [7, 11) is 1.84. The summed E-state index contributed by atoms with van der Waals surface area (Å²) >= 11 is 1.42. The highest BCUT2D eigenvalue weighted by Gasteiger charge is 2.28. The first-order chi connectivity index (χ1) is 16.6. The maximum absolute atomic E-state index is 13.5. The Morgan fingerprint density at radius 2 is 1.76 bits per heavy atom. The fourth-order valence-electron chi connectivity index (χ4n) is 4.31. The van der Waals surface area contributed by atoms with Gasteiger partial charge in [-0.05, 0) is 37.0 Å². The van der Waals surface area contributed by atoms with E-state index in [9.17, 15) is 9.59 Å². The van der Waals surface area contributed by atoms with Gasteiger partial charge in [-0.2, -0.15) is 0 Å². The molecule has 1 aliphatic rings. The van der Waals surface area contributed by atoms with E-state index in [1.807, 2.05) is 54.4 Å². The van der Waals surface area contributed by atoms with Gasteiger partial charge in [-0.1, -0.05) is 55.3 Å². The van der Waals surface area contributed by atoms with Crippen molar-refractivity contribution in [3.63, 3.8) is 0 Å². The second-order valence-corrected chi connectivity index (χ2v) is 9.38. The Bertz CT molecular complexity index is 1070. The molecule has 2 aromatic carbocycles. The molecule has 0 unspecified atom stereocenters. The molecule has 0 radical (unpaired) electrons. The van der Waals surface area contributed by atoms with Gasteiger partial charge in [0.25, 0.3) is 11.8 Å². The number of fused-ring (bicyclic) bond motifs is 1. The van der Waals surface area contributed by atoms with Crippen LogP contribution >= 0.6 is 11.3 Å². The zero-order chi connectivity index (χ0) is 23.8. The van der Waals surface area contributed by atoms with E-state index in [0.717, 1.165) is 31.2 Å². The lowest BCUT2D eigenvalue weighted by Crippen LogP contribution is -2.46. The number of para-hydroxylation sites is 1. The number of benzene rings is 2. The summed E-state index contributed by atoms with van der Waals surface area (Å²) < 4.78 is 6.27. The first-order valence-electron chi connectivity index (χ1n) is 11.8. The molecule has 1 atom stereocenters. The van der Waals surface area contributed by atoms with E-state index in [2.05, 4.69) is 17.1 Å². The lowest BCUT2D eigenvalue weighted by Gasteiger charge is -2.32. The largest absolute Gasteiger partial charge is 0.491 e. The fourth-order valence-corrected chi connectivity index (χ4v) is 4.83. The molecule has 0 saturated heterocycles. The molecular formula is C27H31N3O3S. The highest BCUT2D eigenvalue weighted by molar-refractivity contribution is 7.07. The van der Waals surface area contributed by atoms with E-state index in [1.165, 1.54) is 11.3 Å². The van der Waals surface area contributed by atoms with E-state index in [4.69, 9.17) is 4.74 Å². The Morgan fingerprint density at radius 3 is 2.53 bits per heavy atom. The molecule has 2 amide bonds. The SMILES string of the molecule is CN1CCCCCCN(C(=O)c2cscn2)[C@@H](Cc2ccccc2)COc2ccccc2C1=O. The van der Waals surface area contributed by atoms with Gasteiger partial charge in [0.1, 0.15) is 18.1 Å². The molecule has 0 aliphatic carbocycles. The summed E-state index contributed by atoms with van der Waals surface area (Å²) in [6, 6.07) is 17.3. The van der Waals surface area contributed by atoms with Gasteiger partial charge in [-0.15, -0.1) is 11.3 Å². The van der Waals surface area contributed by atoms with Crippen LogP contribution in [0.1, 0.15) is 52.1 Å². The van der Waals surface area contributed by atoms with Crippen molar-refractivity contribution in [2.45, 2.75) is 38.1 Å². The van der Waals surface area contributed by atoms with E-state index in [-0.39, 0.29) is 17.9 Å². The van der Waals surface area contributed by atoms with Crippen LogP contribution in [0.2, 0.25) is 0 Å². The van der Waals surface area contributed by atoms with Gasteiger partial charge in [0.2, 0.25) is 0 Å². The smallest absolute Gasteiger partial charge is 0.273 e. The number of hydrogen-bond donors (Lipinski definition) is 0. The Kier molecular flexibility index (Phi) is 8.31. The van der Waals surface area contributed by atoms with Crippen molar-refractivity contribution >= 4 is 23.2 Å². The molecule has 0 fully saturated rings. The zero-order valence-corrected chi connectivity index (χ0v) is 20.4. The van der Waals surface area contributed by atoms with Crippen molar-refractivity contribution in [1.29, 1.82) is 0 Å². The molecule has 6 nitrogen and oxygen atoms in total. The number of amides is 2. The predicted octanol–water partition coefficient (Wildman–Crippen LogP) is 4.92. The van der Waals surface area contributed by atoms with E-state index in [1.54, 1.807) is 15.8 Å². The van der Waals surface area contributed by atoms with Gasteiger partial charge in [-0.25, -0.2) is 4.98 Å². The Hall–Kier alpha value is -3.19. The van der Waals surface area contributed by atoms with Crippen molar-refractivity contribution < 1.29 is 14.3 Å². The van der Waals surface area contributed by atoms with E-state index >= 15 is 0 Å². The van der Waals surface area contributed by atoms with Gasteiger partial charge in [0.05, 0.1) is 17.1 Å². The number of thiazole rings is 1. The van der Waals surface area contributed by atoms with Gasteiger partial charge in [0, 0.05) is 25.5 Å². The van der Waals surface area contributed by atoms with Crippen LogP contribution in [0.15, 0.2) is 65.5 Å². The minimum atomic E-state index is -0.194. The van der Waals surface area contributed by atoms with Crippen LogP contribution < -0.4 is 4.74 Å². The minimum absolute atomic E-state index is 0.0392. The van der Waals surface area contributed by atoms with Crippen LogP contribution in [0.5, 0.6) is 5.75 Å². The molecule has 0 saturated carbocycles. The Labute approximate surface area is 205 Å². The number of rotatable bonds is 3. The van der Waals surface area contributed by atoms with Crippen LogP contribution in [0.4, 0.5) is 0 Å². The van der Waals surface area contributed by atoms with Gasteiger partial charge >= 0.3 is 0 Å². The van der Waals surface area contributed by atoms with Gasteiger partial charge < -0.3 is 14.5 Å². The number of carbonyl (C=O) groups is 2. The van der Waals surface area contributed by atoms with Gasteiger partial charge in [0.15, 0.2) is 0 Å². The van der Waals surface area contributed by atoms with Crippen molar-refractivity contribution in [3.05, 3.63) is 82.3 Å². The summed E-state index contributed by atoms with van der Waals surface area (Å²) in [4.78, 5) is 34.5. The highest BCUT2D eigenvalue weighted by Crippen LogP contribution is 2.23. The maximum atomic E-state index is 13.5. The lowest BCUT2D eigenvalue weighted by atomic mass is 10.0. The predicted molar refractivity (Wildman–Crippen MR) is 134 cm³/mol. The number of hydrogen-bond acceptors (Lipinski definition) is 5. The van der Waals surface area contributed by atoms with Crippen LogP contribution in [-0.2, 0) is 6.42 Å². The normalized spacial score (nSPS) is 18.0. The van der Waals surface area contributed by atoms with Crippen LogP contribution in [0.25, 0.3) is 0 Å². The first-order valence-corrected chi connectivity index (χ1v) is 12.8. The second kappa shape index (κ2) is 11.8.